The molecule has 1 aromatic rings. The maximum Gasteiger partial charge on any atom is 0.191 e. The Morgan fingerprint density at radius 1 is 1.03 bits per heavy atom. The zero-order chi connectivity index (χ0) is 20.4. The van der Waals surface area contributed by atoms with Crippen molar-refractivity contribution < 1.29 is 4.74 Å². The number of aliphatic imine (C=N–C) groups is 1. The van der Waals surface area contributed by atoms with E-state index >= 15 is 0 Å². The molecule has 0 atom stereocenters. The fraction of sp³-hybridized carbons (Fsp3) is 0.696. The van der Waals surface area contributed by atoms with Crippen LogP contribution in [0.1, 0.15) is 39.0 Å². The van der Waals surface area contributed by atoms with Gasteiger partial charge in [0.25, 0.3) is 0 Å². The van der Waals surface area contributed by atoms with E-state index in [1.54, 1.807) is 0 Å². The van der Waals surface area contributed by atoms with E-state index < -0.39 is 0 Å². The molecule has 0 saturated carbocycles. The molecule has 0 aliphatic carbocycles. The van der Waals surface area contributed by atoms with E-state index in [0.717, 1.165) is 31.3 Å². The average Bonchev–Trinajstić information content (AvgIpc) is 2.77. The first-order chi connectivity index (χ1) is 14.2. The third kappa shape index (κ3) is 7.57. The number of para-hydroxylation sites is 1. The lowest BCUT2D eigenvalue weighted by molar-refractivity contribution is 0.0208. The zero-order valence-corrected chi connectivity index (χ0v) is 21.1. The standard InChI is InChI=1S/C23H39N5O.HI/c1-3-24-22(25-14-19-29-21-10-6-4-7-11-21)26-20-23(12-17-27(2)18-13-23)28-15-8-5-9-16-28;/h4,6-7,10-11H,3,5,8-9,12-20H2,1-2H3,(H2,24,25,26);1H. The van der Waals surface area contributed by atoms with Gasteiger partial charge in [0.15, 0.2) is 5.96 Å². The van der Waals surface area contributed by atoms with Gasteiger partial charge in [-0.1, -0.05) is 24.6 Å². The van der Waals surface area contributed by atoms with Gasteiger partial charge in [-0.2, -0.15) is 0 Å². The molecule has 1 aromatic carbocycles. The molecule has 30 heavy (non-hydrogen) atoms. The third-order valence-corrected chi connectivity index (χ3v) is 6.23. The Morgan fingerprint density at radius 3 is 2.40 bits per heavy atom. The molecule has 0 spiro atoms. The van der Waals surface area contributed by atoms with Gasteiger partial charge in [0, 0.05) is 12.1 Å². The van der Waals surface area contributed by atoms with Crippen LogP contribution in [-0.4, -0.2) is 80.8 Å². The Balaban J connectivity index is 0.00000320. The monoisotopic (exact) mass is 529 g/mol. The summed E-state index contributed by atoms with van der Waals surface area (Å²) in [5.74, 6) is 1.81. The third-order valence-electron chi connectivity index (χ3n) is 6.23. The number of halogens is 1. The van der Waals surface area contributed by atoms with Crippen molar-refractivity contribution in [1.82, 2.24) is 20.4 Å². The molecule has 0 amide bonds. The number of nitrogens with zero attached hydrogens (tertiary/aromatic N) is 3. The van der Waals surface area contributed by atoms with Crippen LogP contribution in [0.25, 0.3) is 0 Å². The van der Waals surface area contributed by atoms with Crippen LogP contribution in [0.3, 0.4) is 0 Å². The molecule has 2 heterocycles. The maximum absolute atomic E-state index is 5.80. The van der Waals surface area contributed by atoms with Crippen LogP contribution in [-0.2, 0) is 0 Å². The van der Waals surface area contributed by atoms with Crippen LogP contribution in [0, 0.1) is 0 Å². The molecule has 7 heteroatoms. The predicted octanol–water partition coefficient (Wildman–Crippen LogP) is 3.19. The quantitative estimate of drug-likeness (QED) is 0.235. The average molecular weight is 530 g/mol. The van der Waals surface area contributed by atoms with E-state index in [2.05, 4.69) is 34.4 Å². The number of nitrogens with one attached hydrogen (secondary N) is 2. The highest BCUT2D eigenvalue weighted by Crippen LogP contribution is 2.31. The van der Waals surface area contributed by atoms with Gasteiger partial charge >= 0.3 is 0 Å². The van der Waals surface area contributed by atoms with Crippen LogP contribution in [0.5, 0.6) is 5.75 Å². The van der Waals surface area contributed by atoms with Crippen molar-refractivity contribution in [2.45, 2.75) is 44.6 Å². The summed E-state index contributed by atoms with van der Waals surface area (Å²) in [6.07, 6.45) is 6.46. The summed E-state index contributed by atoms with van der Waals surface area (Å²) < 4.78 is 5.80. The number of benzene rings is 1. The van der Waals surface area contributed by atoms with Crippen LogP contribution < -0.4 is 15.4 Å². The molecule has 0 aromatic heterocycles. The second-order valence-corrected chi connectivity index (χ2v) is 8.36. The molecule has 0 bridgehead atoms. The molecule has 6 nitrogen and oxygen atoms in total. The molecule has 170 valence electrons. The largest absolute Gasteiger partial charge is 0.492 e. The minimum atomic E-state index is 0. The fourth-order valence-electron chi connectivity index (χ4n) is 4.40. The van der Waals surface area contributed by atoms with Gasteiger partial charge in [0.1, 0.15) is 12.4 Å². The number of guanidine groups is 1. The topological polar surface area (TPSA) is 52.1 Å². The van der Waals surface area contributed by atoms with Crippen molar-refractivity contribution in [3.8, 4) is 5.75 Å². The van der Waals surface area contributed by atoms with Gasteiger partial charge in [-0.15, -0.1) is 24.0 Å². The highest BCUT2D eigenvalue weighted by molar-refractivity contribution is 14.0. The molecule has 2 aliphatic heterocycles. The van der Waals surface area contributed by atoms with Gasteiger partial charge in [-0.05, 0) is 78.0 Å². The van der Waals surface area contributed by atoms with Crippen molar-refractivity contribution >= 4 is 29.9 Å². The van der Waals surface area contributed by atoms with Crippen LogP contribution in [0.2, 0.25) is 0 Å². The Bertz CT molecular complexity index is 613. The van der Waals surface area contributed by atoms with E-state index in [1.165, 1.54) is 58.3 Å². The van der Waals surface area contributed by atoms with Crippen molar-refractivity contribution in [1.29, 1.82) is 0 Å². The SMILES string of the molecule is CCNC(=NCC1(N2CCCCC2)CCN(C)CC1)NCCOc1ccccc1.I. The summed E-state index contributed by atoms with van der Waals surface area (Å²) >= 11 is 0. The number of hydrogen-bond acceptors (Lipinski definition) is 4. The number of hydrogen-bond donors (Lipinski definition) is 2. The Kier molecular flexibility index (Phi) is 11.2. The lowest BCUT2D eigenvalue weighted by Crippen LogP contribution is -2.58. The second kappa shape index (κ2) is 13.4. The maximum atomic E-state index is 5.80. The number of piperidine rings is 2. The summed E-state index contributed by atoms with van der Waals surface area (Å²) in [6, 6.07) is 9.97. The van der Waals surface area contributed by atoms with E-state index in [1.807, 2.05) is 30.3 Å². The molecular formula is C23H40IN5O. The smallest absolute Gasteiger partial charge is 0.191 e. The molecule has 0 unspecified atom stereocenters. The van der Waals surface area contributed by atoms with Crippen molar-refractivity contribution in [3.05, 3.63) is 30.3 Å². The van der Waals surface area contributed by atoms with E-state index in [9.17, 15) is 0 Å². The first kappa shape index (κ1) is 25.2. The Hall–Kier alpha value is -1.06. The second-order valence-electron chi connectivity index (χ2n) is 8.36. The van der Waals surface area contributed by atoms with E-state index in [4.69, 9.17) is 9.73 Å². The van der Waals surface area contributed by atoms with Crippen molar-refractivity contribution in [2.75, 3.05) is 59.5 Å². The summed E-state index contributed by atoms with van der Waals surface area (Å²) in [5.41, 5.74) is 0.218. The van der Waals surface area contributed by atoms with Gasteiger partial charge in [-0.25, -0.2) is 0 Å². The molecule has 2 saturated heterocycles. The summed E-state index contributed by atoms with van der Waals surface area (Å²) in [6.45, 7) is 10.0. The fourth-order valence-corrected chi connectivity index (χ4v) is 4.40. The highest BCUT2D eigenvalue weighted by atomic mass is 127. The Labute approximate surface area is 199 Å². The lowest BCUT2D eigenvalue weighted by Gasteiger charge is -2.49. The van der Waals surface area contributed by atoms with E-state index in [0.29, 0.717) is 6.61 Å². The first-order valence-electron chi connectivity index (χ1n) is 11.4. The minimum Gasteiger partial charge on any atom is -0.492 e. The number of ether oxygens (including phenoxy) is 1. The molecule has 2 aliphatic rings. The van der Waals surface area contributed by atoms with Crippen molar-refractivity contribution in [3.63, 3.8) is 0 Å². The minimum absolute atomic E-state index is 0. The van der Waals surface area contributed by atoms with E-state index in [-0.39, 0.29) is 29.5 Å². The normalized spacial score (nSPS) is 20.3. The molecule has 3 rings (SSSR count). The molecule has 2 fully saturated rings. The number of rotatable bonds is 8. The molecule has 0 radical (unpaired) electrons. The van der Waals surface area contributed by atoms with Crippen LogP contribution in [0.15, 0.2) is 35.3 Å². The van der Waals surface area contributed by atoms with Crippen molar-refractivity contribution in [2.24, 2.45) is 4.99 Å². The highest BCUT2D eigenvalue weighted by Gasteiger charge is 2.39. The van der Waals surface area contributed by atoms with Gasteiger partial charge in [0.05, 0.1) is 13.1 Å². The zero-order valence-electron chi connectivity index (χ0n) is 18.7. The lowest BCUT2D eigenvalue weighted by atomic mass is 9.84. The summed E-state index contributed by atoms with van der Waals surface area (Å²) in [4.78, 5) is 10.2. The molecule has 2 N–H and O–H groups in total. The van der Waals surface area contributed by atoms with Gasteiger partial charge < -0.3 is 20.3 Å². The van der Waals surface area contributed by atoms with Crippen LogP contribution >= 0.6 is 24.0 Å². The van der Waals surface area contributed by atoms with Gasteiger partial charge in [-0.3, -0.25) is 9.89 Å². The Morgan fingerprint density at radius 2 is 1.73 bits per heavy atom. The summed E-state index contributed by atoms with van der Waals surface area (Å²) in [7, 11) is 2.24. The van der Waals surface area contributed by atoms with Crippen LogP contribution in [0.4, 0.5) is 0 Å². The first-order valence-corrected chi connectivity index (χ1v) is 11.4. The number of likely N-dealkylation sites (tertiary alicyclic amines) is 2. The van der Waals surface area contributed by atoms with Gasteiger partial charge in [0.2, 0.25) is 0 Å². The predicted molar refractivity (Wildman–Crippen MR) is 136 cm³/mol. The molecular weight excluding hydrogens is 489 g/mol. The summed E-state index contributed by atoms with van der Waals surface area (Å²) in [5, 5.41) is 6.85.